The molecule has 0 aliphatic carbocycles. The van der Waals surface area contributed by atoms with Gasteiger partial charge in [0, 0.05) is 0 Å². The summed E-state index contributed by atoms with van der Waals surface area (Å²) in [6, 6.07) is 11.1. The molecule has 0 aliphatic rings. The summed E-state index contributed by atoms with van der Waals surface area (Å²) >= 11 is 6.98. The SMILES string of the molecule is CCC(C)c1ccc(OC(=O)c2ccc(OCCC(C)C)c(Br)c2)c(Br)c1. The number of ether oxygens (including phenoxy) is 2. The molecule has 2 aromatic rings. The molecule has 0 aromatic heterocycles. The molecule has 0 saturated carbocycles. The van der Waals surface area contributed by atoms with E-state index in [9.17, 15) is 4.79 Å². The van der Waals surface area contributed by atoms with Gasteiger partial charge in [-0.05, 0) is 92.4 Å². The molecule has 146 valence electrons. The fourth-order valence-electron chi connectivity index (χ4n) is 2.45. The minimum atomic E-state index is -0.401. The molecule has 0 fully saturated rings. The van der Waals surface area contributed by atoms with Gasteiger partial charge in [-0.15, -0.1) is 0 Å². The number of hydrogen-bond donors (Lipinski definition) is 0. The maximum Gasteiger partial charge on any atom is 0.343 e. The van der Waals surface area contributed by atoms with E-state index in [1.807, 2.05) is 18.2 Å². The van der Waals surface area contributed by atoms with Crippen molar-refractivity contribution in [2.45, 2.75) is 46.5 Å². The molecule has 0 heterocycles. The Balaban J connectivity index is 2.06. The fourth-order valence-corrected chi connectivity index (χ4v) is 3.42. The molecule has 0 saturated heterocycles. The molecule has 27 heavy (non-hydrogen) atoms. The average molecular weight is 498 g/mol. The maximum atomic E-state index is 12.5. The van der Waals surface area contributed by atoms with Crippen LogP contribution >= 0.6 is 31.9 Å². The van der Waals surface area contributed by atoms with Crippen molar-refractivity contribution in [3.05, 3.63) is 56.5 Å². The lowest BCUT2D eigenvalue weighted by atomic mass is 9.99. The second kappa shape index (κ2) is 10.3. The van der Waals surface area contributed by atoms with Gasteiger partial charge in [0.1, 0.15) is 11.5 Å². The maximum absolute atomic E-state index is 12.5. The molecule has 2 rings (SSSR count). The van der Waals surface area contributed by atoms with Crippen molar-refractivity contribution in [2.24, 2.45) is 5.92 Å². The van der Waals surface area contributed by atoms with Gasteiger partial charge >= 0.3 is 5.97 Å². The predicted octanol–water partition coefficient (Wildman–Crippen LogP) is 7.37. The molecular formula is C22H26Br2O3. The van der Waals surface area contributed by atoms with Crippen molar-refractivity contribution in [2.75, 3.05) is 6.61 Å². The zero-order valence-electron chi connectivity index (χ0n) is 16.2. The smallest absolute Gasteiger partial charge is 0.343 e. The normalized spacial score (nSPS) is 12.1. The summed E-state index contributed by atoms with van der Waals surface area (Å²) in [4.78, 5) is 12.5. The lowest BCUT2D eigenvalue weighted by Gasteiger charge is -2.13. The first-order chi connectivity index (χ1) is 12.8. The highest BCUT2D eigenvalue weighted by molar-refractivity contribution is 9.10. The highest BCUT2D eigenvalue weighted by atomic mass is 79.9. The minimum absolute atomic E-state index is 0.401. The van der Waals surface area contributed by atoms with Crippen LogP contribution in [0.3, 0.4) is 0 Å². The van der Waals surface area contributed by atoms with Gasteiger partial charge in [-0.2, -0.15) is 0 Å². The second-order valence-electron chi connectivity index (χ2n) is 7.06. The van der Waals surface area contributed by atoms with Crippen molar-refractivity contribution in [3.63, 3.8) is 0 Å². The van der Waals surface area contributed by atoms with Crippen LogP contribution in [0.4, 0.5) is 0 Å². The van der Waals surface area contributed by atoms with Crippen molar-refractivity contribution in [3.8, 4) is 11.5 Å². The summed E-state index contributed by atoms with van der Waals surface area (Å²) in [5.41, 5.74) is 1.69. The van der Waals surface area contributed by atoms with Crippen LogP contribution in [0.15, 0.2) is 45.3 Å². The van der Waals surface area contributed by atoms with E-state index in [0.29, 0.717) is 29.8 Å². The van der Waals surface area contributed by atoms with Gasteiger partial charge in [-0.3, -0.25) is 0 Å². The Morgan fingerprint density at radius 3 is 2.26 bits per heavy atom. The van der Waals surface area contributed by atoms with Crippen molar-refractivity contribution in [1.29, 1.82) is 0 Å². The molecule has 5 heteroatoms. The van der Waals surface area contributed by atoms with Crippen LogP contribution in [0.25, 0.3) is 0 Å². The Kier molecular flexibility index (Phi) is 8.36. The van der Waals surface area contributed by atoms with E-state index in [0.717, 1.165) is 27.5 Å². The quantitative estimate of drug-likeness (QED) is 0.282. The standard InChI is InChI=1S/C22H26Br2O3/c1-5-15(4)16-6-9-21(19(24)12-16)27-22(25)17-7-8-20(18(23)13-17)26-11-10-14(2)3/h6-9,12-15H,5,10-11H2,1-4H3. The van der Waals surface area contributed by atoms with Crippen LogP contribution in [0.5, 0.6) is 11.5 Å². The minimum Gasteiger partial charge on any atom is -0.492 e. The number of rotatable bonds is 8. The molecule has 3 nitrogen and oxygen atoms in total. The van der Waals surface area contributed by atoms with E-state index in [1.54, 1.807) is 18.2 Å². The Bertz CT molecular complexity index is 787. The largest absolute Gasteiger partial charge is 0.492 e. The van der Waals surface area contributed by atoms with Gasteiger partial charge in [0.25, 0.3) is 0 Å². The van der Waals surface area contributed by atoms with E-state index in [2.05, 4.69) is 59.6 Å². The Hall–Kier alpha value is -1.33. The summed E-state index contributed by atoms with van der Waals surface area (Å²) in [7, 11) is 0. The number of esters is 1. The molecule has 0 radical (unpaired) electrons. The molecule has 0 bridgehead atoms. The van der Waals surface area contributed by atoms with Crippen LogP contribution in [-0.4, -0.2) is 12.6 Å². The summed E-state index contributed by atoms with van der Waals surface area (Å²) in [5.74, 6) is 1.89. The lowest BCUT2D eigenvalue weighted by molar-refractivity contribution is 0.0733. The van der Waals surface area contributed by atoms with Gasteiger partial charge in [-0.25, -0.2) is 4.79 Å². The number of carbonyl (C=O) groups is 1. The summed E-state index contributed by atoms with van der Waals surface area (Å²) in [6.45, 7) is 9.29. The lowest BCUT2D eigenvalue weighted by Crippen LogP contribution is -2.09. The van der Waals surface area contributed by atoms with Crippen LogP contribution in [0, 0.1) is 5.92 Å². The zero-order valence-corrected chi connectivity index (χ0v) is 19.4. The van der Waals surface area contributed by atoms with Crippen molar-refractivity contribution < 1.29 is 14.3 Å². The molecule has 0 amide bonds. The number of carbonyl (C=O) groups excluding carboxylic acids is 1. The van der Waals surface area contributed by atoms with Gasteiger partial charge in [0.2, 0.25) is 0 Å². The van der Waals surface area contributed by atoms with Gasteiger partial charge in [-0.1, -0.05) is 33.8 Å². The van der Waals surface area contributed by atoms with Crippen LogP contribution in [-0.2, 0) is 0 Å². The molecular weight excluding hydrogens is 472 g/mol. The topological polar surface area (TPSA) is 35.5 Å². The monoisotopic (exact) mass is 496 g/mol. The number of benzene rings is 2. The van der Waals surface area contributed by atoms with E-state index >= 15 is 0 Å². The van der Waals surface area contributed by atoms with Crippen LogP contribution < -0.4 is 9.47 Å². The summed E-state index contributed by atoms with van der Waals surface area (Å²) in [5, 5.41) is 0. The summed E-state index contributed by atoms with van der Waals surface area (Å²) in [6.07, 6.45) is 2.04. The predicted molar refractivity (Wildman–Crippen MR) is 117 cm³/mol. The Morgan fingerprint density at radius 1 is 1.00 bits per heavy atom. The number of hydrogen-bond acceptors (Lipinski definition) is 3. The fraction of sp³-hybridized carbons (Fsp3) is 0.409. The zero-order chi connectivity index (χ0) is 20.0. The molecule has 1 atom stereocenters. The third-order valence-corrected chi connectivity index (χ3v) is 5.70. The molecule has 1 unspecified atom stereocenters. The molecule has 2 aromatic carbocycles. The first-order valence-corrected chi connectivity index (χ1v) is 10.8. The first-order valence-electron chi connectivity index (χ1n) is 9.25. The van der Waals surface area contributed by atoms with Crippen molar-refractivity contribution in [1.82, 2.24) is 0 Å². The third kappa shape index (κ3) is 6.35. The van der Waals surface area contributed by atoms with Crippen molar-refractivity contribution >= 4 is 37.8 Å². The molecule has 0 N–H and O–H groups in total. The van der Waals surface area contributed by atoms with E-state index in [-0.39, 0.29) is 0 Å². The number of halogens is 2. The van der Waals surface area contributed by atoms with Gasteiger partial charge in [0.05, 0.1) is 21.1 Å². The van der Waals surface area contributed by atoms with E-state index in [1.165, 1.54) is 5.56 Å². The van der Waals surface area contributed by atoms with Crippen LogP contribution in [0.2, 0.25) is 0 Å². The molecule has 0 aliphatic heterocycles. The van der Waals surface area contributed by atoms with E-state index < -0.39 is 5.97 Å². The Labute approximate surface area is 178 Å². The van der Waals surface area contributed by atoms with Gasteiger partial charge < -0.3 is 9.47 Å². The highest BCUT2D eigenvalue weighted by Crippen LogP contribution is 2.31. The van der Waals surface area contributed by atoms with E-state index in [4.69, 9.17) is 9.47 Å². The Morgan fingerprint density at radius 2 is 1.67 bits per heavy atom. The molecule has 0 spiro atoms. The highest BCUT2D eigenvalue weighted by Gasteiger charge is 2.14. The van der Waals surface area contributed by atoms with Gasteiger partial charge in [0.15, 0.2) is 0 Å². The van der Waals surface area contributed by atoms with Crippen LogP contribution in [0.1, 0.15) is 62.4 Å². The summed E-state index contributed by atoms with van der Waals surface area (Å²) < 4.78 is 12.8. The average Bonchev–Trinajstić information content (AvgIpc) is 2.63. The third-order valence-electron chi connectivity index (χ3n) is 4.46. The second-order valence-corrected chi connectivity index (χ2v) is 8.77. The first kappa shape index (κ1) is 22.0.